The van der Waals surface area contributed by atoms with Gasteiger partial charge in [0.1, 0.15) is 5.65 Å². The van der Waals surface area contributed by atoms with Gasteiger partial charge in [0.15, 0.2) is 0 Å². The van der Waals surface area contributed by atoms with Gasteiger partial charge < -0.3 is 4.98 Å². The van der Waals surface area contributed by atoms with E-state index in [2.05, 4.69) is 20.3 Å². The number of benzene rings is 1. The number of hydrogen-bond donors (Lipinski definition) is 1. The first-order valence-corrected chi connectivity index (χ1v) is 8.71. The molecule has 4 aromatic heterocycles. The summed E-state index contributed by atoms with van der Waals surface area (Å²) in [4.78, 5) is 16.0. The van der Waals surface area contributed by atoms with Crippen molar-refractivity contribution < 1.29 is 0 Å². The number of aromatic amines is 1. The molecule has 0 aliphatic carbocycles. The van der Waals surface area contributed by atoms with Crippen molar-refractivity contribution >= 4 is 16.6 Å². The van der Waals surface area contributed by atoms with Crippen LogP contribution in [0.15, 0.2) is 53.7 Å². The van der Waals surface area contributed by atoms with Gasteiger partial charge in [0.25, 0.3) is 5.56 Å². The summed E-state index contributed by atoms with van der Waals surface area (Å²) in [6.07, 6.45) is 5.27. The van der Waals surface area contributed by atoms with Crippen molar-refractivity contribution in [2.24, 2.45) is 7.05 Å². The SMILES string of the molecule is CCn1nccc1-c1cnn2c(=O)cc(-c3ccc4c(cnn4C)c3)[nH]c12. The van der Waals surface area contributed by atoms with E-state index in [1.165, 1.54) is 4.52 Å². The number of nitrogens with one attached hydrogen (secondary N) is 1. The van der Waals surface area contributed by atoms with E-state index in [1.54, 1.807) is 18.5 Å². The third-order valence-electron chi connectivity index (χ3n) is 4.85. The topological polar surface area (TPSA) is 85.8 Å². The van der Waals surface area contributed by atoms with Crippen LogP contribution in [0.5, 0.6) is 0 Å². The third-order valence-corrected chi connectivity index (χ3v) is 4.85. The Labute approximate surface area is 153 Å². The summed E-state index contributed by atoms with van der Waals surface area (Å²) in [7, 11) is 1.91. The summed E-state index contributed by atoms with van der Waals surface area (Å²) in [6.45, 7) is 2.76. The molecule has 0 spiro atoms. The Balaban J connectivity index is 1.73. The Bertz CT molecular complexity index is 1350. The number of rotatable bonds is 3. The fourth-order valence-electron chi connectivity index (χ4n) is 3.47. The van der Waals surface area contributed by atoms with Crippen LogP contribution in [0.1, 0.15) is 6.92 Å². The van der Waals surface area contributed by atoms with Crippen LogP contribution in [0, 0.1) is 0 Å². The molecule has 1 aromatic carbocycles. The number of aromatic nitrogens is 7. The summed E-state index contributed by atoms with van der Waals surface area (Å²) in [5, 5.41) is 13.9. The minimum Gasteiger partial charge on any atom is -0.339 e. The molecule has 0 fully saturated rings. The molecule has 0 aliphatic heterocycles. The molecule has 134 valence electrons. The predicted molar refractivity (Wildman–Crippen MR) is 102 cm³/mol. The van der Waals surface area contributed by atoms with E-state index < -0.39 is 0 Å². The lowest BCUT2D eigenvalue weighted by atomic mass is 10.1. The lowest BCUT2D eigenvalue weighted by Gasteiger charge is -2.06. The molecular formula is C19H17N7O. The van der Waals surface area contributed by atoms with Gasteiger partial charge in [-0.15, -0.1) is 0 Å². The summed E-state index contributed by atoms with van der Waals surface area (Å²) >= 11 is 0. The van der Waals surface area contributed by atoms with Gasteiger partial charge in [-0.2, -0.15) is 19.8 Å². The first kappa shape index (κ1) is 15.6. The lowest BCUT2D eigenvalue weighted by Crippen LogP contribution is -2.14. The predicted octanol–water partition coefficient (Wildman–Crippen LogP) is 2.46. The molecule has 0 bridgehead atoms. The first-order valence-electron chi connectivity index (χ1n) is 8.71. The molecule has 0 amide bonds. The maximum atomic E-state index is 12.6. The third kappa shape index (κ3) is 2.30. The molecule has 8 heteroatoms. The van der Waals surface area contributed by atoms with Crippen molar-refractivity contribution in [3.63, 3.8) is 0 Å². The molecule has 5 aromatic rings. The molecule has 0 aliphatic rings. The van der Waals surface area contributed by atoms with Crippen LogP contribution in [0.3, 0.4) is 0 Å². The molecule has 4 heterocycles. The second-order valence-corrected chi connectivity index (χ2v) is 6.41. The Morgan fingerprint density at radius 1 is 1.07 bits per heavy atom. The number of nitrogens with zero attached hydrogens (tertiary/aromatic N) is 6. The van der Waals surface area contributed by atoms with Crippen molar-refractivity contribution in [1.29, 1.82) is 0 Å². The molecule has 0 atom stereocenters. The molecule has 0 radical (unpaired) electrons. The van der Waals surface area contributed by atoms with Gasteiger partial charge >= 0.3 is 0 Å². The minimum atomic E-state index is -0.182. The second-order valence-electron chi connectivity index (χ2n) is 6.41. The lowest BCUT2D eigenvalue weighted by molar-refractivity contribution is 0.667. The maximum absolute atomic E-state index is 12.6. The van der Waals surface area contributed by atoms with Gasteiger partial charge in [-0.05, 0) is 30.7 Å². The summed E-state index contributed by atoms with van der Waals surface area (Å²) in [5.41, 5.74) is 4.93. The number of H-pyrrole nitrogens is 1. The molecule has 8 nitrogen and oxygen atoms in total. The number of fused-ring (bicyclic) bond motifs is 2. The maximum Gasteiger partial charge on any atom is 0.274 e. The Hall–Kier alpha value is -3.68. The number of hydrogen-bond acceptors (Lipinski definition) is 4. The van der Waals surface area contributed by atoms with Gasteiger partial charge in [0, 0.05) is 31.2 Å². The summed E-state index contributed by atoms with van der Waals surface area (Å²) in [6, 6.07) is 9.50. The zero-order valence-electron chi connectivity index (χ0n) is 14.9. The van der Waals surface area contributed by atoms with E-state index in [-0.39, 0.29) is 5.56 Å². The van der Waals surface area contributed by atoms with Gasteiger partial charge in [-0.3, -0.25) is 14.2 Å². The molecule has 0 unspecified atom stereocenters. The van der Waals surface area contributed by atoms with E-state index in [4.69, 9.17) is 0 Å². The van der Waals surface area contributed by atoms with Crippen LogP contribution < -0.4 is 5.56 Å². The summed E-state index contributed by atoms with van der Waals surface area (Å²) in [5.74, 6) is 0. The molecular weight excluding hydrogens is 342 g/mol. The quantitative estimate of drug-likeness (QED) is 0.536. The second kappa shape index (κ2) is 5.66. The van der Waals surface area contributed by atoms with E-state index in [0.29, 0.717) is 5.65 Å². The van der Waals surface area contributed by atoms with Gasteiger partial charge in [0.2, 0.25) is 0 Å². The van der Waals surface area contributed by atoms with E-state index >= 15 is 0 Å². The van der Waals surface area contributed by atoms with Gasteiger partial charge in [-0.1, -0.05) is 6.07 Å². The molecule has 1 N–H and O–H groups in total. The molecule has 0 saturated heterocycles. The first-order chi connectivity index (χ1) is 13.2. The van der Waals surface area contributed by atoms with Crippen molar-refractivity contribution in [2.45, 2.75) is 13.5 Å². The fourth-order valence-corrected chi connectivity index (χ4v) is 3.47. The van der Waals surface area contributed by atoms with E-state index in [9.17, 15) is 4.79 Å². The fraction of sp³-hybridized carbons (Fsp3) is 0.158. The zero-order chi connectivity index (χ0) is 18.5. The van der Waals surface area contributed by atoms with Crippen molar-refractivity contribution in [3.05, 3.63) is 59.3 Å². The summed E-state index contributed by atoms with van der Waals surface area (Å²) < 4.78 is 5.09. The van der Waals surface area contributed by atoms with Crippen molar-refractivity contribution in [1.82, 2.24) is 34.2 Å². The van der Waals surface area contributed by atoms with Crippen molar-refractivity contribution in [3.8, 4) is 22.5 Å². The van der Waals surface area contributed by atoms with Crippen LogP contribution >= 0.6 is 0 Å². The van der Waals surface area contributed by atoms with E-state index in [1.807, 2.05) is 53.8 Å². The van der Waals surface area contributed by atoms with Crippen molar-refractivity contribution in [2.75, 3.05) is 0 Å². The zero-order valence-corrected chi connectivity index (χ0v) is 14.9. The highest BCUT2D eigenvalue weighted by atomic mass is 16.1. The Morgan fingerprint density at radius 2 is 1.96 bits per heavy atom. The molecule has 27 heavy (non-hydrogen) atoms. The minimum absolute atomic E-state index is 0.182. The monoisotopic (exact) mass is 359 g/mol. The average molecular weight is 359 g/mol. The van der Waals surface area contributed by atoms with Crippen LogP contribution in [0.25, 0.3) is 39.1 Å². The smallest absolute Gasteiger partial charge is 0.274 e. The molecule has 0 saturated carbocycles. The highest BCUT2D eigenvalue weighted by Gasteiger charge is 2.14. The average Bonchev–Trinajstić information content (AvgIpc) is 3.39. The van der Waals surface area contributed by atoms with Crippen LogP contribution in [0.2, 0.25) is 0 Å². The highest BCUT2D eigenvalue weighted by Crippen LogP contribution is 2.26. The Kier molecular flexibility index (Phi) is 3.27. The largest absolute Gasteiger partial charge is 0.339 e. The van der Waals surface area contributed by atoms with Gasteiger partial charge in [-0.25, -0.2) is 0 Å². The van der Waals surface area contributed by atoms with Crippen LogP contribution in [-0.2, 0) is 13.6 Å². The standard InChI is InChI=1S/C19H17N7O/c1-3-25-17(6-7-20-25)14-11-22-26-18(27)9-15(23-19(14)26)12-4-5-16-13(8-12)10-21-24(16)2/h4-11,23H,3H2,1-2H3. The van der Waals surface area contributed by atoms with Crippen LogP contribution in [0.4, 0.5) is 0 Å². The Morgan fingerprint density at radius 3 is 2.81 bits per heavy atom. The highest BCUT2D eigenvalue weighted by molar-refractivity contribution is 5.84. The number of aryl methyl sites for hydroxylation is 2. The van der Waals surface area contributed by atoms with E-state index in [0.717, 1.165) is 40.0 Å². The molecule has 5 rings (SSSR count). The normalized spacial score (nSPS) is 11.6. The van der Waals surface area contributed by atoms with Crippen LogP contribution in [-0.4, -0.2) is 34.2 Å². The van der Waals surface area contributed by atoms with Gasteiger partial charge in [0.05, 0.1) is 34.9 Å².